The van der Waals surface area contributed by atoms with Crippen LogP contribution >= 0.6 is 0 Å². The third kappa shape index (κ3) is 15.2. The van der Waals surface area contributed by atoms with Crippen molar-refractivity contribution in [2.24, 2.45) is 0 Å². The molecular formula is C44H70N4O33. The van der Waals surface area contributed by atoms with Crippen molar-refractivity contribution in [2.45, 2.75) is 198 Å². The molecule has 4 aliphatic rings. The fraction of sp³-hybridized carbons (Fsp3) is 0.818. The molecule has 4 fully saturated rings. The Morgan fingerprint density at radius 2 is 0.667 bits per heavy atom. The van der Waals surface area contributed by atoms with Crippen molar-refractivity contribution in [1.29, 1.82) is 0 Å². The first-order valence-electron chi connectivity index (χ1n) is 24.6. The Morgan fingerprint density at radius 1 is 0.420 bits per heavy atom. The van der Waals surface area contributed by atoms with Crippen LogP contribution in [0.3, 0.4) is 0 Å². The van der Waals surface area contributed by atoms with Crippen molar-refractivity contribution in [3.63, 3.8) is 0 Å². The van der Waals surface area contributed by atoms with Gasteiger partial charge in [0, 0.05) is 53.4 Å². The Balaban J connectivity index is 1.78. The van der Waals surface area contributed by atoms with Gasteiger partial charge in [0.15, 0.2) is 0 Å². The molecule has 81 heavy (non-hydrogen) atoms. The number of aliphatic hydroxyl groups is 14. The average Bonchev–Trinajstić information content (AvgIpc) is 3.43. The van der Waals surface area contributed by atoms with Crippen molar-refractivity contribution >= 4 is 47.5 Å². The zero-order chi connectivity index (χ0) is 61.6. The van der Waals surface area contributed by atoms with Gasteiger partial charge in [0.1, 0.15) is 73.2 Å². The molecule has 0 radical (unpaired) electrons. The second-order valence-corrected chi connectivity index (χ2v) is 19.8. The number of aliphatic carboxylic acids is 4. The van der Waals surface area contributed by atoms with Crippen LogP contribution in [0.4, 0.5) is 0 Å². The molecule has 0 aliphatic carbocycles. The fourth-order valence-electron chi connectivity index (χ4n) is 9.91. The van der Waals surface area contributed by atoms with E-state index in [1.165, 1.54) is 0 Å². The summed E-state index contributed by atoms with van der Waals surface area (Å²) in [6, 6.07) is -7.66. The van der Waals surface area contributed by atoms with E-state index in [9.17, 15) is 130 Å². The number of ether oxygens (including phenoxy) is 7. The Kier molecular flexibility index (Phi) is 23.3. The zero-order valence-corrected chi connectivity index (χ0v) is 43.4. The lowest BCUT2D eigenvalue weighted by Crippen LogP contribution is -2.72. The molecule has 0 aromatic carbocycles. The largest absolute Gasteiger partial charge is 0.477 e. The molecule has 4 amide bonds. The van der Waals surface area contributed by atoms with Gasteiger partial charge in [-0.2, -0.15) is 0 Å². The summed E-state index contributed by atoms with van der Waals surface area (Å²) in [6.45, 7) is -2.32. The molecule has 464 valence electrons. The highest BCUT2D eigenvalue weighted by atomic mass is 16.8. The van der Waals surface area contributed by atoms with Crippen molar-refractivity contribution < 1.29 is 163 Å². The third-order valence-corrected chi connectivity index (χ3v) is 13.7. The first kappa shape index (κ1) is 68.4. The molecule has 37 heteroatoms. The maximum absolute atomic E-state index is 13.4. The van der Waals surface area contributed by atoms with E-state index >= 15 is 0 Å². The predicted octanol–water partition coefficient (Wildman–Crippen LogP) is -12.4. The lowest BCUT2D eigenvalue weighted by molar-refractivity contribution is -0.361. The van der Waals surface area contributed by atoms with Gasteiger partial charge in [-0.15, -0.1) is 0 Å². The summed E-state index contributed by atoms with van der Waals surface area (Å²) in [4.78, 5) is 101. The normalized spacial score (nSPS) is 37.4. The summed E-state index contributed by atoms with van der Waals surface area (Å²) in [5.74, 6) is -26.5. The van der Waals surface area contributed by atoms with E-state index in [1.54, 1.807) is 0 Å². The molecule has 0 saturated carbocycles. The van der Waals surface area contributed by atoms with Gasteiger partial charge in [-0.05, 0) is 0 Å². The van der Waals surface area contributed by atoms with Crippen LogP contribution in [0.2, 0.25) is 0 Å². The van der Waals surface area contributed by atoms with Gasteiger partial charge < -0.3 is 146 Å². The summed E-state index contributed by atoms with van der Waals surface area (Å²) in [6.07, 6.45) is -43.4. The molecule has 4 rings (SSSR count). The number of rotatable bonds is 26. The number of hydrogen-bond donors (Lipinski definition) is 22. The highest BCUT2D eigenvalue weighted by Gasteiger charge is 2.63. The Labute approximate surface area is 456 Å². The number of carboxylic acid groups (broad SMARTS) is 4. The Morgan fingerprint density at radius 3 is 0.889 bits per heavy atom. The summed E-state index contributed by atoms with van der Waals surface area (Å²) in [5, 5.41) is 204. The molecule has 0 spiro atoms. The molecular weight excluding hydrogens is 1110 g/mol. The highest BCUT2D eigenvalue weighted by Crippen LogP contribution is 2.41. The minimum atomic E-state index is -3.55. The summed E-state index contributed by atoms with van der Waals surface area (Å²) in [7, 11) is 0. The highest BCUT2D eigenvalue weighted by molar-refractivity contribution is 5.79. The lowest BCUT2D eigenvalue weighted by Gasteiger charge is -2.51. The van der Waals surface area contributed by atoms with Gasteiger partial charge in [-0.3, -0.25) is 19.2 Å². The second kappa shape index (κ2) is 27.5. The monoisotopic (exact) mass is 1180 g/mol. The molecule has 0 bridgehead atoms. The van der Waals surface area contributed by atoms with E-state index in [4.69, 9.17) is 33.2 Å². The zero-order valence-electron chi connectivity index (χ0n) is 43.4. The van der Waals surface area contributed by atoms with Crippen LogP contribution in [0.5, 0.6) is 0 Å². The smallest absolute Gasteiger partial charge is 0.364 e. The number of carboxylic acids is 4. The van der Waals surface area contributed by atoms with E-state index in [0.29, 0.717) is 0 Å². The van der Waals surface area contributed by atoms with Gasteiger partial charge in [0.25, 0.3) is 23.1 Å². The molecule has 0 aromatic heterocycles. The van der Waals surface area contributed by atoms with E-state index in [2.05, 4.69) is 21.3 Å². The quantitative estimate of drug-likeness (QED) is 0.0382. The number of amides is 4. The average molecular weight is 1180 g/mol. The standard InChI is InChI=1S/C44H70N4O33/c1-13(53)45-25-17(57)5-41(74,37(66)67)78-34(25)30(63)22(10-50)75-43(39(70)71)7-19(59)27(47-15(3)55)36(80-43)32(65)24(12-52)77-44(40(72)73)8-20(60)28(48-16(4)56)35(81-44)31(64)23(11-51)76-42(38(68)69)6-18(58)26(46-14(2)54)33(79-42)29(62)21(61)9-49/h17-36,49-52,57-65,74H,5-12H2,1-4H3,(H,45,53)(H,46,54)(H,47,55)(H,48,56)(H,66,67)(H,68,69)(H,70,71)(H,72,73)/t17-,18-,19-,20-,21+,22+,23+,24+,25+,26+,27+,28+,29+,30+,31+,32+,33+,34+,35+,36+,41?,42+,43+,44+/m0/s1. The van der Waals surface area contributed by atoms with Crippen molar-refractivity contribution in [3.8, 4) is 0 Å². The summed E-state index contributed by atoms with van der Waals surface area (Å²) in [5.41, 5.74) is 0. The van der Waals surface area contributed by atoms with Crippen LogP contribution in [0, 0.1) is 0 Å². The van der Waals surface area contributed by atoms with E-state index < -0.39 is 245 Å². The van der Waals surface area contributed by atoms with Crippen LogP contribution in [-0.2, 0) is 71.5 Å². The minimum Gasteiger partial charge on any atom is -0.477 e. The number of hydrogen-bond acceptors (Lipinski definition) is 29. The van der Waals surface area contributed by atoms with Gasteiger partial charge in [0.2, 0.25) is 23.6 Å². The SMILES string of the molecule is CC(=O)N[C@H]1[C@H]([C@H](O)[C@H](O)CO)O[C@@](O[C@H](CO)[C@@H](O)[C@@H]2O[C@@](O[C@H](CO)[C@@H](O)[C@@H]3O[C@@](O[C@H](CO)[C@@H](O)[C@@H]4OC(O)(C(=O)O)C[C@H](O)[C@H]4NC(C)=O)(C(=O)O)C[C@H](O)[C@H]3NC(C)=O)(C(=O)O)C[C@H](O)[C@H]2NC(C)=O)(C(=O)O)C[C@@H]1O. The molecule has 37 nitrogen and oxygen atoms in total. The van der Waals surface area contributed by atoms with Crippen LogP contribution in [-0.4, -0.2) is 311 Å². The topological polar surface area (TPSA) is 613 Å². The lowest BCUT2D eigenvalue weighted by atomic mass is 9.86. The molecule has 4 heterocycles. The van der Waals surface area contributed by atoms with Crippen molar-refractivity contribution in [1.82, 2.24) is 21.3 Å². The van der Waals surface area contributed by atoms with Crippen LogP contribution in [0.1, 0.15) is 53.4 Å². The minimum absolute atomic E-state index is 0.843. The molecule has 22 N–H and O–H groups in total. The van der Waals surface area contributed by atoms with Gasteiger partial charge >= 0.3 is 23.9 Å². The van der Waals surface area contributed by atoms with Gasteiger partial charge in [-0.25, -0.2) is 19.2 Å². The van der Waals surface area contributed by atoms with Gasteiger partial charge in [-0.1, -0.05) is 0 Å². The third-order valence-electron chi connectivity index (χ3n) is 13.7. The fourth-order valence-corrected chi connectivity index (χ4v) is 9.91. The summed E-state index contributed by atoms with van der Waals surface area (Å²) < 4.78 is 38.8. The molecule has 1 unspecified atom stereocenters. The van der Waals surface area contributed by atoms with Crippen LogP contribution in [0.25, 0.3) is 0 Å². The van der Waals surface area contributed by atoms with Crippen LogP contribution < -0.4 is 21.3 Å². The number of carbonyl (C=O) groups is 8. The van der Waals surface area contributed by atoms with E-state index in [-0.39, 0.29) is 0 Å². The maximum Gasteiger partial charge on any atom is 0.364 e. The molecule has 24 atom stereocenters. The molecule has 4 aliphatic heterocycles. The number of nitrogens with one attached hydrogen (secondary N) is 4. The maximum atomic E-state index is 13.4. The van der Waals surface area contributed by atoms with Gasteiger partial charge in [0.05, 0.1) is 75.0 Å². The molecule has 4 saturated heterocycles. The summed E-state index contributed by atoms with van der Waals surface area (Å²) >= 11 is 0. The Hall–Kier alpha value is -5.08. The first-order chi connectivity index (χ1) is 37.5. The molecule has 0 aromatic rings. The van der Waals surface area contributed by atoms with Crippen molar-refractivity contribution in [3.05, 3.63) is 0 Å². The van der Waals surface area contributed by atoms with Crippen molar-refractivity contribution in [2.75, 3.05) is 26.4 Å². The predicted molar refractivity (Wildman–Crippen MR) is 249 cm³/mol. The van der Waals surface area contributed by atoms with E-state index in [1.807, 2.05) is 0 Å². The Bertz CT molecular complexity index is 2250. The second-order valence-electron chi connectivity index (χ2n) is 19.8. The van der Waals surface area contributed by atoms with Crippen LogP contribution in [0.15, 0.2) is 0 Å². The van der Waals surface area contributed by atoms with E-state index in [0.717, 1.165) is 27.7 Å². The first-order valence-corrected chi connectivity index (χ1v) is 24.6. The number of aliphatic hydroxyl groups excluding tert-OH is 13. The number of carbonyl (C=O) groups excluding carboxylic acids is 4.